The topological polar surface area (TPSA) is 223 Å². The largest absolute Gasteiger partial charge is 0.453 e. The van der Waals surface area contributed by atoms with Gasteiger partial charge in [-0.05, 0) is 92.8 Å². The molecule has 6 atom stereocenters. The molecule has 3 saturated heterocycles. The van der Waals surface area contributed by atoms with Gasteiger partial charge in [-0.2, -0.15) is 13.2 Å². The van der Waals surface area contributed by atoms with E-state index in [1.165, 1.54) is 0 Å². The van der Waals surface area contributed by atoms with Gasteiger partial charge in [-0.15, -0.1) is 0 Å². The lowest BCUT2D eigenvalue weighted by atomic mass is 9.82. The number of aliphatic hydroxyl groups is 1. The number of carbonyl (C=O) groups excluding carboxylic acids is 4. The number of alkyl carbamates (subject to hydrolysis) is 2. The van der Waals surface area contributed by atoms with E-state index in [0.717, 1.165) is 88.6 Å². The summed E-state index contributed by atoms with van der Waals surface area (Å²) in [6.07, 6.45) is -6.52. The van der Waals surface area contributed by atoms with Gasteiger partial charge in [-0.25, -0.2) is 37.1 Å². The van der Waals surface area contributed by atoms with Gasteiger partial charge in [0.25, 0.3) is 12.3 Å². The van der Waals surface area contributed by atoms with Crippen LogP contribution in [-0.4, -0.2) is 158 Å². The van der Waals surface area contributed by atoms with Gasteiger partial charge in [0.1, 0.15) is 29.5 Å². The van der Waals surface area contributed by atoms with Crippen LogP contribution in [0, 0.1) is 39.7 Å². The molecular formula is C54H67F7N10O8. The standard InChI is InChI=1S/C54H67F7N10O8/c1-52(2,3)46(66-50(75)77-6)49(74)68-70(27-38-39(55)21-34(22-40(38)56)41(62)18-19-63-24-44(57)58)28-43(72)42(65-48(73)47(67-51(76)78-7)53(4,5)54(59,60)61)20-32-11-8-31(9-12-32)10-13-33-14-17-45(64-23-33)69-25-35-15-16-36(26-69)71(35)37-29-79-30-37/h8-9,11-12,14,17-19,21-23,35-37,42-44,46-47,62-63,72H,15-16,20,24-30H2,1-7H3,(H,65,73)(H,66,75)(H,67,76)(H,68,74)/b19-18-,62-41?/t35?,36?,42-,43-,46+,47+/m0/s1. The fourth-order valence-corrected chi connectivity index (χ4v) is 9.42. The fraction of sp³-hybridized carbons (Fsp3) is 0.519. The van der Waals surface area contributed by atoms with E-state index < -0.39 is 114 Å². The minimum Gasteiger partial charge on any atom is -0.453 e. The quantitative estimate of drug-likeness (QED) is 0.0301. The number of hydrazine groups is 1. The Kier molecular flexibility index (Phi) is 20.4. The molecule has 3 aliphatic heterocycles. The maximum absolute atomic E-state index is 16.0. The van der Waals surface area contributed by atoms with Crippen molar-refractivity contribution in [1.82, 2.24) is 41.6 Å². The Morgan fingerprint density at radius 1 is 0.861 bits per heavy atom. The summed E-state index contributed by atoms with van der Waals surface area (Å²) in [6.45, 7) is 6.90. The van der Waals surface area contributed by atoms with E-state index in [4.69, 9.17) is 19.9 Å². The lowest BCUT2D eigenvalue weighted by Gasteiger charge is -2.47. The molecule has 2 aromatic carbocycles. The van der Waals surface area contributed by atoms with Gasteiger partial charge in [0, 0.05) is 66.7 Å². The molecule has 0 spiro atoms. The molecule has 0 saturated carbocycles. The number of piperazine rings is 1. The predicted molar refractivity (Wildman–Crippen MR) is 277 cm³/mol. The van der Waals surface area contributed by atoms with E-state index in [0.29, 0.717) is 48.7 Å². The van der Waals surface area contributed by atoms with Crippen molar-refractivity contribution in [2.24, 2.45) is 10.8 Å². The van der Waals surface area contributed by atoms with E-state index in [2.05, 4.69) is 47.8 Å². The highest BCUT2D eigenvalue weighted by molar-refractivity contribution is 6.06. The first kappa shape index (κ1) is 61.2. The molecule has 0 radical (unpaired) electrons. The van der Waals surface area contributed by atoms with Gasteiger partial charge in [-0.1, -0.05) is 44.7 Å². The second-order valence-electron chi connectivity index (χ2n) is 21.2. The second kappa shape index (κ2) is 26.3. The van der Waals surface area contributed by atoms with Crippen molar-refractivity contribution < 1.29 is 69.2 Å². The number of anilines is 1. The number of nitrogens with one attached hydrogen (secondary N) is 6. The van der Waals surface area contributed by atoms with Crippen molar-refractivity contribution in [2.75, 3.05) is 58.5 Å². The third-order valence-corrected chi connectivity index (χ3v) is 14.1. The van der Waals surface area contributed by atoms with Gasteiger partial charge in [0.05, 0.1) is 63.3 Å². The zero-order valence-electron chi connectivity index (χ0n) is 44.8. The molecule has 4 heterocycles. The van der Waals surface area contributed by atoms with Crippen LogP contribution in [0.3, 0.4) is 0 Å². The summed E-state index contributed by atoms with van der Waals surface area (Å²) in [4.78, 5) is 62.6. The van der Waals surface area contributed by atoms with E-state index in [1.807, 2.05) is 17.4 Å². The highest BCUT2D eigenvalue weighted by atomic mass is 19.4. The highest BCUT2D eigenvalue weighted by Crippen LogP contribution is 2.41. The average Bonchev–Trinajstić information content (AvgIpc) is 3.95. The minimum atomic E-state index is -5.09. The monoisotopic (exact) mass is 1120 g/mol. The summed E-state index contributed by atoms with van der Waals surface area (Å²) in [5.74, 6) is 2.10. The number of aromatic nitrogens is 1. The Labute approximate surface area is 453 Å². The molecule has 18 nitrogen and oxygen atoms in total. The molecule has 2 unspecified atom stereocenters. The number of allylic oxidation sites excluding steroid dienone is 1. The van der Waals surface area contributed by atoms with Crippen molar-refractivity contribution >= 4 is 35.5 Å². The number of hydrogen-bond acceptors (Lipinski definition) is 14. The molecule has 7 N–H and O–H groups in total. The second-order valence-corrected chi connectivity index (χ2v) is 21.2. The molecule has 6 rings (SSSR count). The molecule has 25 heteroatoms. The number of amides is 4. The first-order chi connectivity index (χ1) is 37.2. The molecular weight excluding hydrogens is 1050 g/mol. The number of pyridine rings is 1. The van der Waals surface area contributed by atoms with Crippen LogP contribution in [0.4, 0.5) is 46.1 Å². The molecule has 3 aromatic rings. The third-order valence-electron chi connectivity index (χ3n) is 14.1. The average molecular weight is 1120 g/mol. The number of rotatable bonds is 21. The third kappa shape index (κ3) is 16.1. The Hall–Kier alpha value is -7.01. The van der Waals surface area contributed by atoms with Gasteiger partial charge >= 0.3 is 18.4 Å². The molecule has 3 fully saturated rings. The Balaban J connectivity index is 1.28. The normalized spacial score (nSPS) is 18.4. The van der Waals surface area contributed by atoms with Gasteiger partial charge < -0.3 is 50.9 Å². The van der Waals surface area contributed by atoms with Crippen LogP contribution in [0.2, 0.25) is 0 Å². The number of ether oxygens (including phenoxy) is 3. The summed E-state index contributed by atoms with van der Waals surface area (Å²) in [5.41, 5.74) is -1.49. The smallest absolute Gasteiger partial charge is 0.407 e. The number of carbonyl (C=O) groups is 4. The molecule has 4 amide bonds. The minimum absolute atomic E-state index is 0.311. The first-order valence-electron chi connectivity index (χ1n) is 25.4. The maximum Gasteiger partial charge on any atom is 0.407 e. The Morgan fingerprint density at radius 3 is 1.96 bits per heavy atom. The van der Waals surface area contributed by atoms with Crippen molar-refractivity contribution in [3.8, 4) is 11.8 Å². The van der Waals surface area contributed by atoms with Crippen LogP contribution in [-0.2, 0) is 36.8 Å². The molecule has 0 aliphatic carbocycles. The molecule has 1 aromatic heterocycles. The number of halogens is 7. The number of hydrogen-bond donors (Lipinski definition) is 7. The zero-order valence-corrected chi connectivity index (χ0v) is 44.8. The number of benzene rings is 2. The van der Waals surface area contributed by atoms with Gasteiger partial charge in [-0.3, -0.25) is 19.9 Å². The highest BCUT2D eigenvalue weighted by Gasteiger charge is 2.56. The number of nitrogens with zero attached hydrogens (tertiary/aromatic N) is 4. The van der Waals surface area contributed by atoms with Crippen LogP contribution >= 0.6 is 0 Å². The summed E-state index contributed by atoms with van der Waals surface area (Å²) < 4.78 is 116. The number of fused-ring (bicyclic) bond motifs is 2. The fourth-order valence-electron chi connectivity index (χ4n) is 9.42. The van der Waals surface area contributed by atoms with Crippen molar-refractivity contribution in [1.29, 1.82) is 5.41 Å². The van der Waals surface area contributed by atoms with Crippen molar-refractivity contribution in [3.05, 3.63) is 106 Å². The summed E-state index contributed by atoms with van der Waals surface area (Å²) in [5, 5.41) is 30.2. The van der Waals surface area contributed by atoms with Crippen molar-refractivity contribution in [3.63, 3.8) is 0 Å². The lowest BCUT2D eigenvalue weighted by molar-refractivity contribution is -0.220. The summed E-state index contributed by atoms with van der Waals surface area (Å²) in [7, 11) is 1.92. The zero-order chi connectivity index (χ0) is 58.0. The molecule has 430 valence electrons. The summed E-state index contributed by atoms with van der Waals surface area (Å²) in [6, 6.07) is 7.81. The number of methoxy groups -OCH3 is 2. The van der Waals surface area contributed by atoms with Crippen LogP contribution < -0.4 is 31.6 Å². The Morgan fingerprint density at radius 2 is 1.44 bits per heavy atom. The predicted octanol–water partition coefficient (Wildman–Crippen LogP) is 5.55. The van der Waals surface area contributed by atoms with Gasteiger partial charge in [0.15, 0.2) is 0 Å². The van der Waals surface area contributed by atoms with E-state index in [1.54, 1.807) is 51.2 Å². The first-order valence-corrected chi connectivity index (χ1v) is 25.4. The van der Waals surface area contributed by atoms with Gasteiger partial charge in [0.2, 0.25) is 5.91 Å². The van der Waals surface area contributed by atoms with Crippen LogP contribution in [0.1, 0.15) is 75.3 Å². The molecule has 2 bridgehead atoms. The molecule has 79 heavy (non-hydrogen) atoms. The lowest BCUT2D eigenvalue weighted by Crippen LogP contribution is -2.63. The van der Waals surface area contributed by atoms with Crippen LogP contribution in [0.15, 0.2) is 67.0 Å². The number of aliphatic hydroxyl groups excluding tert-OH is 1. The van der Waals surface area contributed by atoms with Crippen molar-refractivity contribution in [2.45, 2.75) is 115 Å². The van der Waals surface area contributed by atoms with Crippen LogP contribution in [0.5, 0.6) is 0 Å². The van der Waals surface area contributed by atoms with E-state index in [-0.39, 0.29) is 12.0 Å². The van der Waals surface area contributed by atoms with Crippen LogP contribution in [0.25, 0.3) is 0 Å². The number of alkyl halides is 5. The maximum atomic E-state index is 16.0. The van der Waals surface area contributed by atoms with E-state index >= 15 is 8.78 Å². The molecule has 3 aliphatic rings. The van der Waals surface area contributed by atoms with E-state index in [9.17, 15) is 46.2 Å². The summed E-state index contributed by atoms with van der Waals surface area (Å²) >= 11 is 0. The Bertz CT molecular complexity index is 2690. The SMILES string of the molecule is COC(=O)N[C@H](C(=O)NN(Cc1c(F)cc(C(=N)/C=C\NCC(F)F)cc1F)C[C@H](O)[C@H](Cc1ccc(C#Cc2ccc(N3CC4CCC(C3)N4C3COC3)nc2)cc1)NC(=O)[C@@H](NC(=O)OC)C(C)(C)C(F)(F)F)C(C)(C)C.